The van der Waals surface area contributed by atoms with E-state index in [1.807, 2.05) is 0 Å². The van der Waals surface area contributed by atoms with Crippen molar-refractivity contribution in [3.63, 3.8) is 0 Å². The van der Waals surface area contributed by atoms with Gasteiger partial charge in [-0.3, -0.25) is 10.1 Å². The highest BCUT2D eigenvalue weighted by Crippen LogP contribution is 2.30. The highest BCUT2D eigenvalue weighted by Gasteiger charge is 2.22. The summed E-state index contributed by atoms with van der Waals surface area (Å²) in [5.41, 5.74) is -0.153. The number of nitro benzene ring substituents is 1. The van der Waals surface area contributed by atoms with Crippen molar-refractivity contribution in [2.45, 2.75) is 38.1 Å². The lowest BCUT2D eigenvalue weighted by Gasteiger charge is -2.23. The zero-order chi connectivity index (χ0) is 12.3. The minimum Gasteiger partial charge on any atom is -0.377 e. The Balaban J connectivity index is 2.19. The largest absolute Gasteiger partial charge is 0.377 e. The molecular weight excluding hydrogens is 223 g/mol. The summed E-state index contributed by atoms with van der Waals surface area (Å²) in [7, 11) is 0. The SMILES string of the molecule is O=[N+]([O-])c1c(F)cccc1NC1CCCCC1. The molecule has 1 aliphatic carbocycles. The number of nitro groups is 1. The molecule has 1 saturated carbocycles. The monoisotopic (exact) mass is 238 g/mol. The Morgan fingerprint density at radius 2 is 2.00 bits per heavy atom. The molecule has 0 amide bonds. The van der Waals surface area contributed by atoms with Gasteiger partial charge in [-0.05, 0) is 25.0 Å². The van der Waals surface area contributed by atoms with Gasteiger partial charge < -0.3 is 5.32 Å². The fourth-order valence-corrected chi connectivity index (χ4v) is 2.28. The van der Waals surface area contributed by atoms with Crippen LogP contribution in [-0.2, 0) is 0 Å². The second kappa shape index (κ2) is 5.12. The number of hydrogen-bond donors (Lipinski definition) is 1. The Labute approximate surface area is 99.0 Å². The molecule has 1 aliphatic rings. The minimum absolute atomic E-state index is 0.226. The number of halogens is 1. The number of anilines is 1. The van der Waals surface area contributed by atoms with Gasteiger partial charge in [0.25, 0.3) is 0 Å². The number of para-hydroxylation sites is 1. The average Bonchev–Trinajstić information content (AvgIpc) is 2.30. The minimum atomic E-state index is -0.782. The summed E-state index contributed by atoms with van der Waals surface area (Å²) in [6.07, 6.45) is 5.45. The van der Waals surface area contributed by atoms with E-state index >= 15 is 0 Å². The molecule has 1 N–H and O–H groups in total. The van der Waals surface area contributed by atoms with Crippen molar-refractivity contribution in [1.29, 1.82) is 0 Å². The normalized spacial score (nSPS) is 16.8. The van der Waals surface area contributed by atoms with Crippen LogP contribution in [0.4, 0.5) is 15.8 Å². The number of hydrogen-bond acceptors (Lipinski definition) is 3. The zero-order valence-corrected chi connectivity index (χ0v) is 9.49. The van der Waals surface area contributed by atoms with Crippen molar-refractivity contribution in [3.05, 3.63) is 34.1 Å². The Morgan fingerprint density at radius 1 is 1.29 bits per heavy atom. The van der Waals surface area contributed by atoms with Crippen LogP contribution >= 0.6 is 0 Å². The number of nitrogens with zero attached hydrogens (tertiary/aromatic N) is 1. The molecule has 1 aromatic carbocycles. The first-order valence-corrected chi connectivity index (χ1v) is 5.88. The lowest BCUT2D eigenvalue weighted by atomic mass is 9.95. The Bertz CT molecular complexity index is 417. The molecule has 2 rings (SSSR count). The highest BCUT2D eigenvalue weighted by atomic mass is 19.1. The summed E-state index contributed by atoms with van der Waals surface area (Å²) in [5.74, 6) is -0.782. The third-order valence-electron chi connectivity index (χ3n) is 3.13. The van der Waals surface area contributed by atoms with Crippen LogP contribution in [0.3, 0.4) is 0 Å². The maximum absolute atomic E-state index is 13.4. The molecule has 0 unspecified atom stereocenters. The van der Waals surface area contributed by atoms with Crippen LogP contribution in [0.2, 0.25) is 0 Å². The van der Waals surface area contributed by atoms with Gasteiger partial charge in [0.15, 0.2) is 0 Å². The first-order valence-electron chi connectivity index (χ1n) is 5.88. The zero-order valence-electron chi connectivity index (χ0n) is 9.49. The fraction of sp³-hybridized carbons (Fsp3) is 0.500. The standard InChI is InChI=1S/C12H15FN2O2/c13-10-7-4-8-11(12(10)15(16)17)14-9-5-2-1-3-6-9/h4,7-9,14H,1-3,5-6H2. The van der Waals surface area contributed by atoms with E-state index in [0.717, 1.165) is 31.7 Å². The van der Waals surface area contributed by atoms with Gasteiger partial charge in [0.05, 0.1) is 4.92 Å². The van der Waals surface area contributed by atoms with Crippen LogP contribution < -0.4 is 5.32 Å². The third-order valence-corrected chi connectivity index (χ3v) is 3.13. The van der Waals surface area contributed by atoms with Gasteiger partial charge in [0.2, 0.25) is 5.82 Å². The molecule has 92 valence electrons. The molecule has 1 fully saturated rings. The van der Waals surface area contributed by atoms with Crippen molar-refractivity contribution >= 4 is 11.4 Å². The lowest BCUT2D eigenvalue weighted by Crippen LogP contribution is -2.22. The van der Waals surface area contributed by atoms with E-state index in [1.54, 1.807) is 6.07 Å². The van der Waals surface area contributed by atoms with E-state index in [-0.39, 0.29) is 6.04 Å². The summed E-state index contributed by atoms with van der Waals surface area (Å²) in [4.78, 5) is 10.1. The van der Waals surface area contributed by atoms with E-state index in [4.69, 9.17) is 0 Å². The van der Waals surface area contributed by atoms with Crippen molar-refractivity contribution in [1.82, 2.24) is 0 Å². The summed E-state index contributed by atoms with van der Waals surface area (Å²) in [6, 6.07) is 4.40. The molecule has 0 atom stereocenters. The maximum Gasteiger partial charge on any atom is 0.327 e. The average molecular weight is 238 g/mol. The summed E-state index contributed by atoms with van der Waals surface area (Å²) in [6.45, 7) is 0. The summed E-state index contributed by atoms with van der Waals surface area (Å²) >= 11 is 0. The molecule has 0 radical (unpaired) electrons. The highest BCUT2D eigenvalue weighted by molar-refractivity contribution is 5.62. The predicted octanol–water partition coefficient (Wildman–Crippen LogP) is 3.48. The van der Waals surface area contributed by atoms with Crippen LogP contribution in [0.5, 0.6) is 0 Å². The molecule has 17 heavy (non-hydrogen) atoms. The Hall–Kier alpha value is -1.65. The number of nitrogens with one attached hydrogen (secondary N) is 1. The second-order valence-electron chi connectivity index (χ2n) is 4.37. The van der Waals surface area contributed by atoms with Gasteiger partial charge in [-0.15, -0.1) is 0 Å². The van der Waals surface area contributed by atoms with Crippen molar-refractivity contribution < 1.29 is 9.31 Å². The van der Waals surface area contributed by atoms with Gasteiger partial charge >= 0.3 is 5.69 Å². The van der Waals surface area contributed by atoms with Crippen molar-refractivity contribution in [3.8, 4) is 0 Å². The number of benzene rings is 1. The molecule has 0 aliphatic heterocycles. The molecule has 5 heteroatoms. The molecule has 4 nitrogen and oxygen atoms in total. The third kappa shape index (κ3) is 2.72. The molecule has 0 aromatic heterocycles. The smallest absolute Gasteiger partial charge is 0.327 e. The van der Waals surface area contributed by atoms with Gasteiger partial charge in [-0.2, -0.15) is 4.39 Å². The molecule has 0 bridgehead atoms. The predicted molar refractivity (Wildman–Crippen MR) is 63.6 cm³/mol. The maximum atomic E-state index is 13.4. The van der Waals surface area contributed by atoms with Crippen molar-refractivity contribution in [2.24, 2.45) is 0 Å². The quantitative estimate of drug-likeness (QED) is 0.648. The van der Waals surface area contributed by atoms with Crippen molar-refractivity contribution in [2.75, 3.05) is 5.32 Å². The van der Waals surface area contributed by atoms with Gasteiger partial charge in [0, 0.05) is 6.04 Å². The fourth-order valence-electron chi connectivity index (χ4n) is 2.28. The van der Waals surface area contributed by atoms with E-state index in [9.17, 15) is 14.5 Å². The van der Waals surface area contributed by atoms with Gasteiger partial charge in [0.1, 0.15) is 5.69 Å². The summed E-state index contributed by atoms with van der Waals surface area (Å²) < 4.78 is 13.4. The first-order chi connectivity index (χ1) is 8.18. The Morgan fingerprint density at radius 3 is 2.65 bits per heavy atom. The summed E-state index contributed by atoms with van der Waals surface area (Å²) in [5, 5.41) is 13.9. The van der Waals surface area contributed by atoms with Gasteiger partial charge in [-0.1, -0.05) is 25.3 Å². The van der Waals surface area contributed by atoms with Gasteiger partial charge in [-0.25, -0.2) is 0 Å². The topological polar surface area (TPSA) is 55.2 Å². The van der Waals surface area contributed by atoms with E-state index < -0.39 is 16.4 Å². The molecule has 1 aromatic rings. The van der Waals surface area contributed by atoms with Crippen LogP contribution in [0.15, 0.2) is 18.2 Å². The van der Waals surface area contributed by atoms with Crippen LogP contribution in [-0.4, -0.2) is 11.0 Å². The van der Waals surface area contributed by atoms with E-state index in [0.29, 0.717) is 5.69 Å². The number of rotatable bonds is 3. The van der Waals surface area contributed by atoms with E-state index in [2.05, 4.69) is 5.32 Å². The van der Waals surface area contributed by atoms with Crippen LogP contribution in [0.1, 0.15) is 32.1 Å². The van der Waals surface area contributed by atoms with E-state index in [1.165, 1.54) is 12.5 Å². The second-order valence-corrected chi connectivity index (χ2v) is 4.37. The lowest BCUT2D eigenvalue weighted by molar-refractivity contribution is -0.386. The first kappa shape index (κ1) is 11.8. The van der Waals surface area contributed by atoms with Crippen LogP contribution in [0, 0.1) is 15.9 Å². The molecule has 0 saturated heterocycles. The molecule has 0 spiro atoms. The molecular formula is C12H15FN2O2. The molecule has 0 heterocycles. The Kier molecular flexibility index (Phi) is 3.56. The van der Waals surface area contributed by atoms with Crippen LogP contribution in [0.25, 0.3) is 0 Å².